The Hall–Kier alpha value is -1.10. The average molecular weight is 267 g/mol. The van der Waals surface area contributed by atoms with Gasteiger partial charge < -0.3 is 5.32 Å². The normalized spacial score (nSPS) is 27.7. The molecule has 0 bridgehead atoms. The van der Waals surface area contributed by atoms with Crippen LogP contribution in [0.1, 0.15) is 46.5 Å². The molecule has 1 atom stereocenters. The Morgan fingerprint density at radius 1 is 1.26 bits per heavy atom. The molecule has 2 aliphatic rings. The molecule has 2 fully saturated rings. The second kappa shape index (κ2) is 5.49. The van der Waals surface area contributed by atoms with E-state index < -0.39 is 5.54 Å². The van der Waals surface area contributed by atoms with Gasteiger partial charge in [-0.05, 0) is 39.7 Å². The summed E-state index contributed by atoms with van der Waals surface area (Å²) in [5.41, 5.74) is -0.747. The first-order valence-corrected chi connectivity index (χ1v) is 7.34. The summed E-state index contributed by atoms with van der Waals surface area (Å²) in [7, 11) is 0. The molecule has 2 aliphatic heterocycles. The molecule has 0 aromatic rings. The van der Waals surface area contributed by atoms with Crippen molar-refractivity contribution in [2.45, 2.75) is 58.0 Å². The molecule has 2 saturated heterocycles. The van der Waals surface area contributed by atoms with Crippen molar-refractivity contribution in [3.63, 3.8) is 0 Å². The number of likely N-dealkylation sites (tertiary alicyclic amines) is 1. The first kappa shape index (κ1) is 14.3. The summed E-state index contributed by atoms with van der Waals surface area (Å²) in [6.45, 7) is 8.11. The molecule has 0 aromatic carbocycles. The zero-order chi connectivity index (χ0) is 14.0. The lowest BCUT2D eigenvalue weighted by molar-refractivity contribution is -0.130. The predicted octanol–water partition coefficient (Wildman–Crippen LogP) is 1.58. The number of carbonyl (C=O) groups excluding carboxylic acids is 2. The summed E-state index contributed by atoms with van der Waals surface area (Å²) < 4.78 is 0. The third kappa shape index (κ3) is 2.91. The fraction of sp³-hybridized carbons (Fsp3) is 0.857. The molecule has 5 heteroatoms. The monoisotopic (exact) mass is 267 g/mol. The minimum atomic E-state index is -0.747. The maximum Gasteiger partial charge on any atom is 0.325 e. The molecular weight excluding hydrogens is 242 g/mol. The predicted molar refractivity (Wildman–Crippen MR) is 73.8 cm³/mol. The number of rotatable bonds is 4. The van der Waals surface area contributed by atoms with Gasteiger partial charge in [-0.25, -0.2) is 4.79 Å². The Balaban J connectivity index is 1.91. The summed E-state index contributed by atoms with van der Waals surface area (Å²) in [6, 6.07) is 0.364. The van der Waals surface area contributed by atoms with Gasteiger partial charge in [-0.15, -0.1) is 0 Å². The van der Waals surface area contributed by atoms with E-state index in [1.807, 2.05) is 0 Å². The van der Waals surface area contributed by atoms with E-state index in [9.17, 15) is 9.59 Å². The third-order valence-corrected chi connectivity index (χ3v) is 4.28. The zero-order valence-electron chi connectivity index (χ0n) is 12.2. The van der Waals surface area contributed by atoms with Crippen LogP contribution in [-0.2, 0) is 4.79 Å². The van der Waals surface area contributed by atoms with Crippen LogP contribution in [0.15, 0.2) is 0 Å². The number of carbonyl (C=O) groups is 2. The van der Waals surface area contributed by atoms with Crippen LogP contribution >= 0.6 is 0 Å². The molecule has 0 radical (unpaired) electrons. The van der Waals surface area contributed by atoms with Gasteiger partial charge in [-0.2, -0.15) is 0 Å². The van der Waals surface area contributed by atoms with E-state index in [1.54, 1.807) is 13.8 Å². The molecule has 5 nitrogen and oxygen atoms in total. The molecule has 0 spiro atoms. The van der Waals surface area contributed by atoms with E-state index >= 15 is 0 Å². The molecule has 0 saturated carbocycles. The maximum absolute atomic E-state index is 12.1. The lowest BCUT2D eigenvalue weighted by Crippen LogP contribution is -2.45. The van der Waals surface area contributed by atoms with Crippen molar-refractivity contribution in [3.05, 3.63) is 0 Å². The molecule has 1 N–H and O–H groups in total. The van der Waals surface area contributed by atoms with Crippen LogP contribution in [0.3, 0.4) is 0 Å². The van der Waals surface area contributed by atoms with Crippen molar-refractivity contribution in [2.24, 2.45) is 0 Å². The summed E-state index contributed by atoms with van der Waals surface area (Å²) in [5.74, 6) is -0.109. The maximum atomic E-state index is 12.1. The smallest absolute Gasteiger partial charge is 0.324 e. The van der Waals surface area contributed by atoms with E-state index in [2.05, 4.69) is 17.1 Å². The quantitative estimate of drug-likeness (QED) is 0.787. The van der Waals surface area contributed by atoms with Gasteiger partial charge in [0.15, 0.2) is 0 Å². The van der Waals surface area contributed by atoms with Crippen LogP contribution in [0, 0.1) is 0 Å². The van der Waals surface area contributed by atoms with Gasteiger partial charge in [0.25, 0.3) is 5.91 Å². The van der Waals surface area contributed by atoms with E-state index in [0.29, 0.717) is 12.6 Å². The van der Waals surface area contributed by atoms with Gasteiger partial charge in [0.05, 0.1) is 0 Å². The number of urea groups is 1. The van der Waals surface area contributed by atoms with Crippen molar-refractivity contribution in [1.29, 1.82) is 0 Å². The highest BCUT2D eigenvalue weighted by Crippen LogP contribution is 2.20. The van der Waals surface area contributed by atoms with Crippen molar-refractivity contribution < 1.29 is 9.59 Å². The number of hydrogen-bond donors (Lipinski definition) is 1. The van der Waals surface area contributed by atoms with Crippen molar-refractivity contribution in [2.75, 3.05) is 19.6 Å². The highest BCUT2D eigenvalue weighted by Gasteiger charge is 2.44. The fourth-order valence-corrected chi connectivity index (χ4v) is 3.07. The molecule has 2 rings (SSSR count). The van der Waals surface area contributed by atoms with E-state index in [4.69, 9.17) is 0 Å². The summed E-state index contributed by atoms with van der Waals surface area (Å²) in [6.07, 6.45) is 4.90. The Morgan fingerprint density at radius 3 is 2.58 bits per heavy atom. The van der Waals surface area contributed by atoms with Crippen molar-refractivity contribution in [3.8, 4) is 0 Å². The standard InChI is InChI=1S/C14H25N3O2/c1-4-11-7-5-6-8-16(11)9-10-17-12(18)14(2,3)15-13(17)19/h11H,4-10H2,1-3H3,(H,15,19). The molecule has 0 aliphatic carbocycles. The topological polar surface area (TPSA) is 52.6 Å². The lowest BCUT2D eigenvalue weighted by Gasteiger charge is -2.35. The number of piperidine rings is 1. The second-order valence-corrected chi connectivity index (χ2v) is 6.11. The van der Waals surface area contributed by atoms with Crippen LogP contribution in [-0.4, -0.2) is 53.0 Å². The largest absolute Gasteiger partial charge is 0.325 e. The van der Waals surface area contributed by atoms with E-state index in [1.165, 1.54) is 24.2 Å². The van der Waals surface area contributed by atoms with Gasteiger partial charge in [0, 0.05) is 19.1 Å². The molecule has 3 amide bonds. The number of nitrogens with zero attached hydrogens (tertiary/aromatic N) is 2. The molecule has 1 unspecified atom stereocenters. The van der Waals surface area contributed by atoms with Crippen LogP contribution < -0.4 is 5.32 Å². The molecule has 2 heterocycles. The van der Waals surface area contributed by atoms with Gasteiger partial charge in [0.1, 0.15) is 5.54 Å². The first-order chi connectivity index (χ1) is 8.95. The summed E-state index contributed by atoms with van der Waals surface area (Å²) >= 11 is 0. The fourth-order valence-electron chi connectivity index (χ4n) is 3.07. The highest BCUT2D eigenvalue weighted by molar-refractivity contribution is 6.06. The number of nitrogens with one attached hydrogen (secondary N) is 1. The first-order valence-electron chi connectivity index (χ1n) is 7.34. The van der Waals surface area contributed by atoms with E-state index in [0.717, 1.165) is 19.5 Å². The zero-order valence-corrected chi connectivity index (χ0v) is 12.2. The average Bonchev–Trinajstić information content (AvgIpc) is 2.57. The Bertz CT molecular complexity index is 368. The summed E-state index contributed by atoms with van der Waals surface area (Å²) in [4.78, 5) is 27.7. The van der Waals surface area contributed by atoms with Gasteiger partial charge in [-0.1, -0.05) is 13.3 Å². The van der Waals surface area contributed by atoms with Crippen LogP contribution in [0.5, 0.6) is 0 Å². The van der Waals surface area contributed by atoms with E-state index in [-0.39, 0.29) is 11.9 Å². The third-order valence-electron chi connectivity index (χ3n) is 4.28. The molecule has 108 valence electrons. The highest BCUT2D eigenvalue weighted by atomic mass is 16.2. The minimum absolute atomic E-state index is 0.109. The van der Waals surface area contributed by atoms with Crippen molar-refractivity contribution in [1.82, 2.24) is 15.1 Å². The van der Waals surface area contributed by atoms with Gasteiger partial charge >= 0.3 is 6.03 Å². The van der Waals surface area contributed by atoms with Gasteiger partial charge in [-0.3, -0.25) is 14.6 Å². The number of imide groups is 1. The SMILES string of the molecule is CCC1CCCCN1CCN1C(=O)NC(C)(C)C1=O. The van der Waals surface area contributed by atoms with Crippen molar-refractivity contribution >= 4 is 11.9 Å². The summed E-state index contributed by atoms with van der Waals surface area (Å²) in [5, 5.41) is 2.72. The van der Waals surface area contributed by atoms with Gasteiger partial charge in [0.2, 0.25) is 0 Å². The second-order valence-electron chi connectivity index (χ2n) is 6.11. The van der Waals surface area contributed by atoms with Crippen LogP contribution in [0.4, 0.5) is 4.79 Å². The van der Waals surface area contributed by atoms with Crippen LogP contribution in [0.2, 0.25) is 0 Å². The molecule has 0 aromatic heterocycles. The Kier molecular flexibility index (Phi) is 4.13. The Labute approximate surface area is 115 Å². The number of amides is 3. The lowest BCUT2D eigenvalue weighted by atomic mass is 10.00. The number of hydrogen-bond acceptors (Lipinski definition) is 3. The van der Waals surface area contributed by atoms with Crippen LogP contribution in [0.25, 0.3) is 0 Å². The molecule has 19 heavy (non-hydrogen) atoms. The molecular formula is C14H25N3O2. The minimum Gasteiger partial charge on any atom is -0.324 e. The Morgan fingerprint density at radius 2 is 2.00 bits per heavy atom.